The van der Waals surface area contributed by atoms with Gasteiger partial charge in [-0.05, 0) is 12.8 Å². The molecule has 5 N–H and O–H groups in total. The third-order valence-electron chi connectivity index (χ3n) is 3.22. The van der Waals surface area contributed by atoms with Crippen molar-refractivity contribution in [3.8, 4) is 0 Å². The van der Waals surface area contributed by atoms with Gasteiger partial charge in [0.05, 0.1) is 13.2 Å². The zero-order valence-electron chi connectivity index (χ0n) is 13.0. The lowest BCUT2D eigenvalue weighted by molar-refractivity contribution is -0.525. The van der Waals surface area contributed by atoms with Gasteiger partial charge in [-0.15, -0.1) is 0 Å². The molecule has 0 bridgehead atoms. The number of ether oxygens (including phenoxy) is 2. The highest BCUT2D eigenvalue weighted by Gasteiger charge is 2.16. The topological polar surface area (TPSA) is 158 Å². The summed E-state index contributed by atoms with van der Waals surface area (Å²) in [6.45, 7) is 4.26. The number of guanidine groups is 1. The summed E-state index contributed by atoms with van der Waals surface area (Å²) in [7, 11) is 0. The number of nitrogens with zero attached hydrogens (tertiary/aromatic N) is 3. The first-order chi connectivity index (χ1) is 11.0. The van der Waals surface area contributed by atoms with Crippen molar-refractivity contribution in [2.24, 2.45) is 16.5 Å². The molecule has 1 heterocycles. The average Bonchev–Trinajstić information content (AvgIpc) is 2.51. The van der Waals surface area contributed by atoms with Crippen molar-refractivity contribution in [3.05, 3.63) is 10.1 Å². The number of nitro groups is 1. The second-order valence-corrected chi connectivity index (χ2v) is 5.01. The number of hydrogen-bond donors (Lipinski definition) is 3. The van der Waals surface area contributed by atoms with Crippen LogP contribution in [0, 0.1) is 10.1 Å². The molecule has 0 aliphatic carbocycles. The Bertz CT molecular complexity index is 413. The maximum absolute atomic E-state index is 11.7. The molecule has 1 saturated heterocycles. The lowest BCUT2D eigenvalue weighted by Crippen LogP contribution is -2.40. The standard InChI is InChI=1S/C12H24N6O5/c13-10(2-1-3-15-12(14)16-18(20)21)11(19)23-9-6-17-4-7-22-8-5-17/h10H,1-9,13H2,(H3,14,15,16)/t10-/m0/s1. The van der Waals surface area contributed by atoms with Gasteiger partial charge in [-0.25, -0.2) is 15.1 Å². The van der Waals surface area contributed by atoms with Gasteiger partial charge in [-0.1, -0.05) is 5.43 Å². The van der Waals surface area contributed by atoms with E-state index in [1.54, 1.807) is 5.43 Å². The molecule has 23 heavy (non-hydrogen) atoms. The van der Waals surface area contributed by atoms with Crippen LogP contribution >= 0.6 is 0 Å². The second-order valence-electron chi connectivity index (χ2n) is 5.01. The van der Waals surface area contributed by atoms with Gasteiger partial charge in [0, 0.05) is 26.2 Å². The van der Waals surface area contributed by atoms with E-state index in [4.69, 9.17) is 20.9 Å². The number of esters is 1. The fraction of sp³-hybridized carbons (Fsp3) is 0.833. The Kier molecular flexibility index (Phi) is 8.87. The molecule has 0 amide bonds. The lowest BCUT2D eigenvalue weighted by Gasteiger charge is -2.26. The Morgan fingerprint density at radius 2 is 2.17 bits per heavy atom. The zero-order valence-corrected chi connectivity index (χ0v) is 13.0. The van der Waals surface area contributed by atoms with E-state index >= 15 is 0 Å². The largest absolute Gasteiger partial charge is 0.463 e. The predicted octanol–water partition coefficient (Wildman–Crippen LogP) is -1.93. The summed E-state index contributed by atoms with van der Waals surface area (Å²) in [5.41, 5.74) is 12.7. The molecule has 1 aliphatic heterocycles. The van der Waals surface area contributed by atoms with Gasteiger partial charge in [0.25, 0.3) is 5.96 Å². The molecule has 0 spiro atoms. The smallest absolute Gasteiger partial charge is 0.322 e. The molecule has 11 nitrogen and oxygen atoms in total. The molecule has 1 atom stereocenters. The van der Waals surface area contributed by atoms with Crippen LogP contribution < -0.4 is 16.9 Å². The van der Waals surface area contributed by atoms with Gasteiger partial charge in [-0.3, -0.25) is 9.69 Å². The van der Waals surface area contributed by atoms with Gasteiger partial charge in [-0.2, -0.15) is 0 Å². The first-order valence-corrected chi connectivity index (χ1v) is 7.42. The van der Waals surface area contributed by atoms with E-state index in [0.29, 0.717) is 39.2 Å². The molecule has 0 saturated carbocycles. The van der Waals surface area contributed by atoms with Crippen LogP contribution in [-0.4, -0.2) is 73.9 Å². The second kappa shape index (κ2) is 10.7. The molecule has 11 heteroatoms. The fourth-order valence-electron chi connectivity index (χ4n) is 1.96. The molecule has 0 unspecified atom stereocenters. The summed E-state index contributed by atoms with van der Waals surface area (Å²) in [6.07, 6.45) is 0.839. The normalized spacial score (nSPS) is 17.5. The van der Waals surface area contributed by atoms with Crippen LogP contribution in [0.4, 0.5) is 0 Å². The molecule has 1 aliphatic rings. The van der Waals surface area contributed by atoms with Gasteiger partial charge >= 0.3 is 5.97 Å². The molecule has 1 fully saturated rings. The number of carbonyl (C=O) groups is 1. The summed E-state index contributed by atoms with van der Waals surface area (Å²) < 4.78 is 10.4. The summed E-state index contributed by atoms with van der Waals surface area (Å²) in [5.74, 6) is -0.740. The van der Waals surface area contributed by atoms with Crippen LogP contribution in [-0.2, 0) is 14.3 Å². The number of morpholine rings is 1. The fourth-order valence-corrected chi connectivity index (χ4v) is 1.96. The zero-order chi connectivity index (χ0) is 17.1. The van der Waals surface area contributed by atoms with Crippen LogP contribution in [0.25, 0.3) is 0 Å². The SMILES string of the molecule is NC(=NCCC[C@H](N)C(=O)OCCN1CCOCC1)N[N+](=O)[O-]. The van der Waals surface area contributed by atoms with Crippen molar-refractivity contribution in [2.75, 3.05) is 46.0 Å². The van der Waals surface area contributed by atoms with Crippen LogP contribution in [0.1, 0.15) is 12.8 Å². The van der Waals surface area contributed by atoms with Gasteiger partial charge < -0.3 is 20.9 Å². The number of nitrogens with two attached hydrogens (primary N) is 2. The minimum absolute atomic E-state index is 0.238. The number of carbonyl (C=O) groups excluding carboxylic acids is 1. The third kappa shape index (κ3) is 8.90. The van der Waals surface area contributed by atoms with E-state index in [-0.39, 0.29) is 12.5 Å². The minimum atomic E-state index is -0.795. The molecule has 0 aromatic heterocycles. The van der Waals surface area contributed by atoms with E-state index in [0.717, 1.165) is 13.1 Å². The monoisotopic (exact) mass is 332 g/mol. The van der Waals surface area contributed by atoms with E-state index in [9.17, 15) is 14.9 Å². The molecule has 1 rings (SSSR count). The third-order valence-corrected chi connectivity index (χ3v) is 3.22. The van der Waals surface area contributed by atoms with Crippen LogP contribution in [0.15, 0.2) is 4.99 Å². The van der Waals surface area contributed by atoms with E-state index < -0.39 is 17.0 Å². The quantitative estimate of drug-likeness (QED) is 0.109. The molecule has 0 radical (unpaired) electrons. The summed E-state index contributed by atoms with van der Waals surface area (Å²) >= 11 is 0. The molecule has 132 valence electrons. The van der Waals surface area contributed by atoms with Crippen LogP contribution in [0.5, 0.6) is 0 Å². The van der Waals surface area contributed by atoms with Crippen molar-refractivity contribution < 1.29 is 19.3 Å². The highest BCUT2D eigenvalue weighted by atomic mass is 16.7. The maximum Gasteiger partial charge on any atom is 0.322 e. The van der Waals surface area contributed by atoms with Crippen molar-refractivity contribution in [3.63, 3.8) is 0 Å². The highest BCUT2D eigenvalue weighted by Crippen LogP contribution is 2.00. The number of hydrogen-bond acceptors (Lipinski definition) is 8. The van der Waals surface area contributed by atoms with E-state index in [1.165, 1.54) is 0 Å². The number of rotatable bonds is 9. The predicted molar refractivity (Wildman–Crippen MR) is 82.0 cm³/mol. The van der Waals surface area contributed by atoms with Gasteiger partial charge in [0.15, 0.2) is 5.03 Å². The number of aliphatic imine (C=N–C) groups is 1. The van der Waals surface area contributed by atoms with Crippen molar-refractivity contribution in [1.29, 1.82) is 0 Å². The van der Waals surface area contributed by atoms with Crippen LogP contribution in [0.2, 0.25) is 0 Å². The Morgan fingerprint density at radius 1 is 1.48 bits per heavy atom. The Labute approximate surface area is 134 Å². The Morgan fingerprint density at radius 3 is 2.83 bits per heavy atom. The van der Waals surface area contributed by atoms with Crippen LogP contribution in [0.3, 0.4) is 0 Å². The first kappa shape index (κ1) is 19.1. The summed E-state index contributed by atoms with van der Waals surface area (Å²) in [6, 6.07) is -0.736. The Balaban J connectivity index is 2.10. The molecule has 0 aromatic carbocycles. The van der Waals surface area contributed by atoms with Gasteiger partial charge in [0.2, 0.25) is 0 Å². The highest BCUT2D eigenvalue weighted by molar-refractivity contribution is 5.76. The molecule has 0 aromatic rings. The van der Waals surface area contributed by atoms with Crippen molar-refractivity contribution >= 4 is 11.9 Å². The lowest BCUT2D eigenvalue weighted by atomic mass is 10.2. The minimum Gasteiger partial charge on any atom is -0.463 e. The summed E-state index contributed by atoms with van der Waals surface area (Å²) in [5, 5.41) is 9.30. The first-order valence-electron chi connectivity index (χ1n) is 7.42. The average molecular weight is 332 g/mol. The Hall–Kier alpha value is -1.98. The van der Waals surface area contributed by atoms with Crippen molar-refractivity contribution in [1.82, 2.24) is 10.3 Å². The van der Waals surface area contributed by atoms with E-state index in [1.807, 2.05) is 0 Å². The van der Waals surface area contributed by atoms with E-state index in [2.05, 4.69) is 9.89 Å². The maximum atomic E-state index is 11.7. The van der Waals surface area contributed by atoms with Gasteiger partial charge in [0.1, 0.15) is 12.6 Å². The molecular formula is C12H24N6O5. The van der Waals surface area contributed by atoms with Crippen molar-refractivity contribution in [2.45, 2.75) is 18.9 Å². The number of nitrogens with one attached hydrogen (secondary N) is 1. The molecular weight excluding hydrogens is 308 g/mol. The number of hydrazine groups is 1. The summed E-state index contributed by atoms with van der Waals surface area (Å²) in [4.78, 5) is 27.7.